The number of esters is 1. The maximum absolute atomic E-state index is 12.7. The number of amides is 1. The fourth-order valence-corrected chi connectivity index (χ4v) is 3.46. The van der Waals surface area contributed by atoms with Crippen LogP contribution in [0.3, 0.4) is 0 Å². The summed E-state index contributed by atoms with van der Waals surface area (Å²) in [5, 5.41) is 2.72. The first-order valence-electron chi connectivity index (χ1n) is 8.28. The van der Waals surface area contributed by atoms with Gasteiger partial charge in [0.2, 0.25) is 5.91 Å². The maximum Gasteiger partial charge on any atom is 0.329 e. The molecule has 0 aromatic heterocycles. The third kappa shape index (κ3) is 4.34. The highest BCUT2D eigenvalue weighted by molar-refractivity contribution is 7.80. The molecule has 2 rings (SSSR count). The summed E-state index contributed by atoms with van der Waals surface area (Å²) in [5.74, 6) is -0.594. The SMILES string of the molecule is COC(=O)[C@H](CS)NC(=O)[C@H](C)N1[C@H](c2ccccc2)COC1(C)C. The minimum Gasteiger partial charge on any atom is -0.467 e. The van der Waals surface area contributed by atoms with Gasteiger partial charge in [0.15, 0.2) is 0 Å². The maximum atomic E-state index is 12.7. The van der Waals surface area contributed by atoms with Crippen LogP contribution in [0.4, 0.5) is 0 Å². The third-order valence-electron chi connectivity index (χ3n) is 4.52. The van der Waals surface area contributed by atoms with E-state index in [1.165, 1.54) is 7.11 Å². The Hall–Kier alpha value is -1.57. The number of carbonyl (C=O) groups is 2. The van der Waals surface area contributed by atoms with Gasteiger partial charge in [-0.05, 0) is 26.3 Å². The molecule has 1 fully saturated rings. The van der Waals surface area contributed by atoms with Crippen LogP contribution in [0, 0.1) is 0 Å². The quantitative estimate of drug-likeness (QED) is 0.593. The third-order valence-corrected chi connectivity index (χ3v) is 4.88. The first kappa shape index (κ1) is 19.8. The Bertz CT molecular complexity index is 608. The lowest BCUT2D eigenvalue weighted by molar-refractivity contribution is -0.146. The molecule has 3 atom stereocenters. The zero-order chi connectivity index (χ0) is 18.6. The smallest absolute Gasteiger partial charge is 0.329 e. The number of rotatable bonds is 6. The largest absolute Gasteiger partial charge is 0.467 e. The van der Waals surface area contributed by atoms with Gasteiger partial charge in [0, 0.05) is 5.75 Å². The summed E-state index contributed by atoms with van der Waals surface area (Å²) in [6.45, 7) is 6.20. The number of nitrogens with one attached hydrogen (secondary N) is 1. The molecule has 0 spiro atoms. The molecule has 1 aliphatic heterocycles. The van der Waals surface area contributed by atoms with E-state index in [0.717, 1.165) is 5.56 Å². The molecule has 0 saturated carbocycles. The van der Waals surface area contributed by atoms with Crippen molar-refractivity contribution in [2.24, 2.45) is 0 Å². The van der Waals surface area contributed by atoms with Gasteiger partial charge in [-0.1, -0.05) is 30.3 Å². The number of ether oxygens (including phenoxy) is 2. The molecule has 1 amide bonds. The van der Waals surface area contributed by atoms with Crippen molar-refractivity contribution in [3.05, 3.63) is 35.9 Å². The second-order valence-corrected chi connectivity index (χ2v) is 6.90. The average Bonchev–Trinajstić information content (AvgIpc) is 2.93. The van der Waals surface area contributed by atoms with Crippen molar-refractivity contribution in [1.82, 2.24) is 10.2 Å². The van der Waals surface area contributed by atoms with Crippen LogP contribution in [0.15, 0.2) is 30.3 Å². The Kier molecular flexibility index (Phi) is 6.48. The van der Waals surface area contributed by atoms with E-state index in [4.69, 9.17) is 9.47 Å². The molecule has 25 heavy (non-hydrogen) atoms. The van der Waals surface area contributed by atoms with E-state index in [9.17, 15) is 9.59 Å². The van der Waals surface area contributed by atoms with Gasteiger partial charge in [-0.15, -0.1) is 0 Å². The van der Waals surface area contributed by atoms with Gasteiger partial charge in [-0.3, -0.25) is 9.69 Å². The first-order valence-corrected chi connectivity index (χ1v) is 8.91. The summed E-state index contributed by atoms with van der Waals surface area (Å²) in [6.07, 6.45) is 0. The lowest BCUT2D eigenvalue weighted by atomic mass is 10.0. The zero-order valence-corrected chi connectivity index (χ0v) is 16.0. The Morgan fingerprint density at radius 2 is 2.04 bits per heavy atom. The number of hydrogen-bond acceptors (Lipinski definition) is 6. The number of methoxy groups -OCH3 is 1. The van der Waals surface area contributed by atoms with Gasteiger partial charge in [0.25, 0.3) is 0 Å². The van der Waals surface area contributed by atoms with Crippen molar-refractivity contribution in [3.63, 3.8) is 0 Å². The van der Waals surface area contributed by atoms with Crippen LogP contribution in [-0.4, -0.2) is 54.1 Å². The fraction of sp³-hybridized carbons (Fsp3) is 0.556. The molecule has 1 aromatic rings. The molecule has 0 bridgehead atoms. The zero-order valence-electron chi connectivity index (χ0n) is 15.1. The summed E-state index contributed by atoms with van der Waals surface area (Å²) in [4.78, 5) is 26.5. The van der Waals surface area contributed by atoms with E-state index >= 15 is 0 Å². The number of hydrogen-bond donors (Lipinski definition) is 2. The van der Waals surface area contributed by atoms with E-state index in [2.05, 4.69) is 17.9 Å². The Morgan fingerprint density at radius 1 is 1.40 bits per heavy atom. The van der Waals surface area contributed by atoms with Crippen LogP contribution in [0.5, 0.6) is 0 Å². The minimum absolute atomic E-state index is 0.0375. The van der Waals surface area contributed by atoms with Crippen LogP contribution >= 0.6 is 12.6 Å². The van der Waals surface area contributed by atoms with Gasteiger partial charge in [-0.2, -0.15) is 12.6 Å². The standard InChI is InChI=1S/C18H26N2O4S/c1-12(16(21)19-14(11-25)17(22)23-4)20-15(10-24-18(20,2)3)13-8-6-5-7-9-13/h5-9,12,14-15,25H,10-11H2,1-4H3,(H,19,21)/t12-,14-,15-/m0/s1. The second kappa shape index (κ2) is 8.21. The van der Waals surface area contributed by atoms with Gasteiger partial charge in [0.1, 0.15) is 11.8 Å². The molecule has 0 radical (unpaired) electrons. The van der Waals surface area contributed by atoms with E-state index in [0.29, 0.717) is 6.61 Å². The molecule has 6 nitrogen and oxygen atoms in total. The normalized spacial score (nSPS) is 22.2. The summed E-state index contributed by atoms with van der Waals surface area (Å²) >= 11 is 4.12. The summed E-state index contributed by atoms with van der Waals surface area (Å²) in [7, 11) is 1.29. The topological polar surface area (TPSA) is 67.9 Å². The van der Waals surface area contributed by atoms with Gasteiger partial charge in [-0.25, -0.2) is 4.79 Å². The fourth-order valence-electron chi connectivity index (χ4n) is 3.22. The minimum atomic E-state index is -0.773. The Balaban J connectivity index is 2.20. The summed E-state index contributed by atoms with van der Waals surface area (Å²) < 4.78 is 10.6. The lowest BCUT2D eigenvalue weighted by Gasteiger charge is -2.38. The number of carbonyl (C=O) groups excluding carboxylic acids is 2. The molecule has 1 saturated heterocycles. The van der Waals surface area contributed by atoms with Gasteiger partial charge < -0.3 is 14.8 Å². The molecule has 1 heterocycles. The number of thiol groups is 1. The van der Waals surface area contributed by atoms with Crippen LogP contribution in [0.2, 0.25) is 0 Å². The molecular weight excluding hydrogens is 340 g/mol. The van der Waals surface area contributed by atoms with E-state index in [1.54, 1.807) is 0 Å². The highest BCUT2D eigenvalue weighted by Crippen LogP contribution is 2.38. The van der Waals surface area contributed by atoms with Crippen molar-refractivity contribution >= 4 is 24.5 Å². The predicted octanol–water partition coefficient (Wildman–Crippen LogP) is 1.77. The average molecular weight is 366 g/mol. The predicted molar refractivity (Wildman–Crippen MR) is 98.3 cm³/mol. The van der Waals surface area contributed by atoms with Crippen molar-refractivity contribution in [1.29, 1.82) is 0 Å². The van der Waals surface area contributed by atoms with Crippen molar-refractivity contribution in [2.75, 3.05) is 19.5 Å². The van der Waals surface area contributed by atoms with E-state index in [-0.39, 0.29) is 17.7 Å². The molecule has 1 aliphatic rings. The van der Waals surface area contributed by atoms with Gasteiger partial charge >= 0.3 is 5.97 Å². The molecule has 138 valence electrons. The van der Waals surface area contributed by atoms with Crippen LogP contribution in [0.25, 0.3) is 0 Å². The van der Waals surface area contributed by atoms with Gasteiger partial charge in [0.05, 0.1) is 25.8 Å². The Labute approximate surface area is 154 Å². The van der Waals surface area contributed by atoms with Crippen LogP contribution < -0.4 is 5.32 Å². The molecule has 7 heteroatoms. The Morgan fingerprint density at radius 3 is 2.60 bits per heavy atom. The summed E-state index contributed by atoms with van der Waals surface area (Å²) in [6, 6.07) is 8.65. The monoisotopic (exact) mass is 366 g/mol. The number of nitrogens with zero attached hydrogens (tertiary/aromatic N) is 1. The van der Waals surface area contributed by atoms with Crippen LogP contribution in [0.1, 0.15) is 32.4 Å². The van der Waals surface area contributed by atoms with E-state index in [1.807, 2.05) is 56.0 Å². The molecule has 1 N–H and O–H groups in total. The van der Waals surface area contributed by atoms with E-state index < -0.39 is 23.8 Å². The molecule has 1 aromatic carbocycles. The first-order chi connectivity index (χ1) is 11.8. The van der Waals surface area contributed by atoms with Crippen molar-refractivity contribution in [2.45, 2.75) is 44.6 Å². The van der Waals surface area contributed by atoms with Crippen molar-refractivity contribution in [3.8, 4) is 0 Å². The lowest BCUT2D eigenvalue weighted by Crippen LogP contribution is -2.55. The van der Waals surface area contributed by atoms with Crippen LogP contribution in [-0.2, 0) is 19.1 Å². The molecule has 0 unspecified atom stereocenters. The number of benzene rings is 1. The second-order valence-electron chi connectivity index (χ2n) is 6.53. The molecular formula is C18H26N2O4S. The van der Waals surface area contributed by atoms with Crippen molar-refractivity contribution < 1.29 is 19.1 Å². The highest BCUT2D eigenvalue weighted by atomic mass is 32.1. The molecule has 0 aliphatic carbocycles. The highest BCUT2D eigenvalue weighted by Gasteiger charge is 2.46. The summed E-state index contributed by atoms with van der Waals surface area (Å²) in [5.41, 5.74) is 0.491.